The Bertz CT molecular complexity index is 397. The average molecular weight is 219 g/mol. The molecule has 1 fully saturated rings. The van der Waals surface area contributed by atoms with Gasteiger partial charge in [-0.05, 0) is 44.9 Å². The summed E-state index contributed by atoms with van der Waals surface area (Å²) in [6.45, 7) is 2.84. The summed E-state index contributed by atoms with van der Waals surface area (Å²) in [5.41, 5.74) is 5.78. The number of ketones is 1. The van der Waals surface area contributed by atoms with E-state index >= 15 is 0 Å². The molecule has 1 aliphatic heterocycles. The van der Waals surface area contributed by atoms with Crippen LogP contribution >= 0.6 is 0 Å². The van der Waals surface area contributed by atoms with Gasteiger partial charge >= 0.3 is 0 Å². The lowest BCUT2D eigenvalue weighted by molar-refractivity contribution is 0.0835. The molecular formula is C12H17N3O. The zero-order chi connectivity index (χ0) is 11.6. The first-order valence-electron chi connectivity index (χ1n) is 5.64. The lowest BCUT2D eigenvalue weighted by Gasteiger charge is -2.33. The van der Waals surface area contributed by atoms with Crippen LogP contribution in [0.1, 0.15) is 36.5 Å². The molecular weight excluding hydrogens is 202 g/mol. The smallest absolute Gasteiger partial charge is 0.186 e. The molecule has 16 heavy (non-hydrogen) atoms. The third-order valence-corrected chi connectivity index (χ3v) is 3.20. The first-order chi connectivity index (χ1) is 7.63. The molecule has 0 bridgehead atoms. The highest BCUT2D eigenvalue weighted by Gasteiger charge is 2.35. The summed E-state index contributed by atoms with van der Waals surface area (Å²) in [5.74, 6) is 0.374. The van der Waals surface area contributed by atoms with Crippen molar-refractivity contribution < 1.29 is 4.79 Å². The van der Waals surface area contributed by atoms with Crippen molar-refractivity contribution in [3.63, 3.8) is 0 Å². The average Bonchev–Trinajstić information content (AvgIpc) is 2.30. The minimum atomic E-state index is -0.477. The number of nitrogens with zero attached hydrogens (tertiary/aromatic N) is 1. The van der Waals surface area contributed by atoms with Crippen LogP contribution in [-0.2, 0) is 0 Å². The SMILES string of the molecule is CC1(C(=O)c2cccnc2N)CCCCN1. The number of Topliss-reactive ketones (excluding diaryl/α,β-unsaturated/α-hetero) is 1. The van der Waals surface area contributed by atoms with E-state index < -0.39 is 5.54 Å². The van der Waals surface area contributed by atoms with Crippen LogP contribution in [0.15, 0.2) is 18.3 Å². The van der Waals surface area contributed by atoms with Crippen molar-refractivity contribution >= 4 is 11.6 Å². The molecule has 0 aliphatic carbocycles. The van der Waals surface area contributed by atoms with E-state index in [1.165, 1.54) is 0 Å². The second kappa shape index (κ2) is 4.22. The Labute approximate surface area is 95.3 Å². The Kier molecular flexibility index (Phi) is 2.92. The Morgan fingerprint density at radius 1 is 1.56 bits per heavy atom. The van der Waals surface area contributed by atoms with Gasteiger partial charge in [-0.2, -0.15) is 0 Å². The molecule has 1 aromatic rings. The molecule has 0 spiro atoms. The number of aromatic nitrogens is 1. The minimum absolute atomic E-state index is 0.0535. The summed E-state index contributed by atoms with van der Waals surface area (Å²) >= 11 is 0. The fraction of sp³-hybridized carbons (Fsp3) is 0.500. The van der Waals surface area contributed by atoms with E-state index in [1.807, 2.05) is 6.92 Å². The number of nitrogens with two attached hydrogens (primary N) is 1. The predicted molar refractivity (Wildman–Crippen MR) is 63.2 cm³/mol. The highest BCUT2D eigenvalue weighted by Crippen LogP contribution is 2.24. The van der Waals surface area contributed by atoms with Gasteiger partial charge in [0.15, 0.2) is 5.78 Å². The molecule has 1 atom stereocenters. The van der Waals surface area contributed by atoms with E-state index in [4.69, 9.17) is 5.73 Å². The molecule has 86 valence electrons. The van der Waals surface area contributed by atoms with Crippen LogP contribution in [0.5, 0.6) is 0 Å². The molecule has 1 aromatic heterocycles. The Hall–Kier alpha value is -1.42. The maximum Gasteiger partial charge on any atom is 0.186 e. The van der Waals surface area contributed by atoms with Gasteiger partial charge in [0, 0.05) is 6.20 Å². The number of rotatable bonds is 2. The summed E-state index contributed by atoms with van der Waals surface area (Å²) < 4.78 is 0. The van der Waals surface area contributed by atoms with Gasteiger partial charge in [0.2, 0.25) is 0 Å². The van der Waals surface area contributed by atoms with E-state index in [1.54, 1.807) is 18.3 Å². The van der Waals surface area contributed by atoms with E-state index in [0.717, 1.165) is 25.8 Å². The highest BCUT2D eigenvalue weighted by molar-refractivity contribution is 6.06. The van der Waals surface area contributed by atoms with Crippen LogP contribution in [0.4, 0.5) is 5.82 Å². The summed E-state index contributed by atoms with van der Waals surface area (Å²) in [4.78, 5) is 16.3. The Balaban J connectivity index is 2.28. The minimum Gasteiger partial charge on any atom is -0.383 e. The van der Waals surface area contributed by atoms with E-state index in [2.05, 4.69) is 10.3 Å². The number of hydrogen-bond acceptors (Lipinski definition) is 4. The number of pyridine rings is 1. The molecule has 1 aliphatic rings. The molecule has 3 N–H and O–H groups in total. The van der Waals surface area contributed by atoms with Crippen molar-refractivity contribution in [1.29, 1.82) is 0 Å². The van der Waals surface area contributed by atoms with Crippen LogP contribution in [0.25, 0.3) is 0 Å². The van der Waals surface area contributed by atoms with Gasteiger partial charge in [0.1, 0.15) is 5.82 Å². The van der Waals surface area contributed by atoms with Crippen molar-refractivity contribution in [2.75, 3.05) is 12.3 Å². The maximum atomic E-state index is 12.4. The van der Waals surface area contributed by atoms with Gasteiger partial charge in [-0.15, -0.1) is 0 Å². The van der Waals surface area contributed by atoms with Crippen LogP contribution in [-0.4, -0.2) is 22.9 Å². The monoisotopic (exact) mass is 219 g/mol. The number of hydrogen-bond donors (Lipinski definition) is 2. The number of anilines is 1. The number of carbonyl (C=O) groups is 1. The van der Waals surface area contributed by atoms with Gasteiger partial charge in [0.25, 0.3) is 0 Å². The normalized spacial score (nSPS) is 25.3. The molecule has 0 aromatic carbocycles. The summed E-state index contributed by atoms with van der Waals surface area (Å²) in [5, 5.41) is 3.29. The third kappa shape index (κ3) is 1.93. The number of nitrogens with one attached hydrogen (secondary N) is 1. The van der Waals surface area contributed by atoms with Gasteiger partial charge in [-0.3, -0.25) is 4.79 Å². The molecule has 2 heterocycles. The first kappa shape index (κ1) is 11.1. The maximum absolute atomic E-state index is 12.4. The second-order valence-electron chi connectivity index (χ2n) is 4.48. The van der Waals surface area contributed by atoms with Gasteiger partial charge in [-0.1, -0.05) is 0 Å². The topological polar surface area (TPSA) is 68.0 Å². The highest BCUT2D eigenvalue weighted by atomic mass is 16.1. The van der Waals surface area contributed by atoms with E-state index in [-0.39, 0.29) is 5.78 Å². The van der Waals surface area contributed by atoms with Gasteiger partial charge in [0.05, 0.1) is 11.1 Å². The van der Waals surface area contributed by atoms with Crippen LogP contribution in [0.3, 0.4) is 0 Å². The Morgan fingerprint density at radius 2 is 2.38 bits per heavy atom. The van der Waals surface area contributed by atoms with Crippen molar-refractivity contribution in [3.8, 4) is 0 Å². The molecule has 0 amide bonds. The third-order valence-electron chi connectivity index (χ3n) is 3.20. The van der Waals surface area contributed by atoms with E-state index in [9.17, 15) is 4.79 Å². The largest absolute Gasteiger partial charge is 0.383 e. The van der Waals surface area contributed by atoms with Crippen molar-refractivity contribution in [1.82, 2.24) is 10.3 Å². The number of carbonyl (C=O) groups excluding carboxylic acids is 1. The molecule has 0 saturated carbocycles. The number of piperidine rings is 1. The first-order valence-corrected chi connectivity index (χ1v) is 5.64. The molecule has 4 heteroatoms. The zero-order valence-electron chi connectivity index (χ0n) is 9.49. The molecule has 1 saturated heterocycles. The fourth-order valence-corrected chi connectivity index (χ4v) is 2.16. The van der Waals surface area contributed by atoms with Crippen LogP contribution < -0.4 is 11.1 Å². The van der Waals surface area contributed by atoms with Crippen molar-refractivity contribution in [2.45, 2.75) is 31.7 Å². The number of nitrogen functional groups attached to an aromatic ring is 1. The molecule has 0 radical (unpaired) electrons. The predicted octanol–water partition coefficient (Wildman–Crippen LogP) is 1.38. The summed E-state index contributed by atoms with van der Waals surface area (Å²) in [6, 6.07) is 3.49. The second-order valence-corrected chi connectivity index (χ2v) is 4.48. The fourth-order valence-electron chi connectivity index (χ4n) is 2.16. The van der Waals surface area contributed by atoms with Gasteiger partial charge < -0.3 is 11.1 Å². The van der Waals surface area contributed by atoms with Crippen molar-refractivity contribution in [2.24, 2.45) is 0 Å². The van der Waals surface area contributed by atoms with Crippen molar-refractivity contribution in [3.05, 3.63) is 23.9 Å². The molecule has 4 nitrogen and oxygen atoms in total. The van der Waals surface area contributed by atoms with Gasteiger partial charge in [-0.25, -0.2) is 4.98 Å². The van der Waals surface area contributed by atoms with E-state index in [0.29, 0.717) is 11.4 Å². The quantitative estimate of drug-likeness (QED) is 0.737. The molecule has 1 unspecified atom stereocenters. The lowest BCUT2D eigenvalue weighted by Crippen LogP contribution is -2.52. The summed E-state index contributed by atoms with van der Waals surface area (Å²) in [7, 11) is 0. The van der Waals surface area contributed by atoms with Crippen LogP contribution in [0.2, 0.25) is 0 Å². The Morgan fingerprint density at radius 3 is 3.00 bits per heavy atom. The molecule has 2 rings (SSSR count). The standard InChI is InChI=1S/C12H17N3O/c1-12(6-2-3-8-15-12)10(16)9-5-4-7-14-11(9)13/h4-5,7,15H,2-3,6,8H2,1H3,(H2,13,14). The van der Waals surface area contributed by atoms with Crippen LogP contribution in [0, 0.1) is 0 Å². The lowest BCUT2D eigenvalue weighted by atomic mass is 9.84. The summed E-state index contributed by atoms with van der Waals surface area (Å²) in [6.07, 6.45) is 4.67. The zero-order valence-corrected chi connectivity index (χ0v) is 9.49.